The lowest BCUT2D eigenvalue weighted by atomic mass is 9.47. The Labute approximate surface area is 367 Å². The average Bonchev–Trinajstić information content (AvgIpc) is 3.54. The molecule has 61 heavy (non-hydrogen) atoms. The maximum Gasteiger partial charge on any atom is 0.305 e. The normalized spacial score (nSPS) is 28.8. The molecule has 4 aliphatic carbocycles. The number of aliphatic hydroxyl groups excluding tert-OH is 3. The summed E-state index contributed by atoms with van der Waals surface area (Å²) in [5, 5.41) is 39.3. The summed E-state index contributed by atoms with van der Waals surface area (Å²) in [6.45, 7) is 21.1. The van der Waals surface area contributed by atoms with Gasteiger partial charge in [0.25, 0.3) is 0 Å². The van der Waals surface area contributed by atoms with E-state index in [1.54, 1.807) is 30.9 Å². The number of hydrogen-bond donors (Lipinski definition) is 4. The highest BCUT2D eigenvalue weighted by Crippen LogP contribution is 2.67. The van der Waals surface area contributed by atoms with Crippen molar-refractivity contribution in [2.75, 3.05) is 7.11 Å². The Morgan fingerprint density at radius 1 is 0.934 bits per heavy atom. The molecule has 3 fully saturated rings. The highest BCUT2D eigenvalue weighted by molar-refractivity contribution is 5.80. The van der Waals surface area contributed by atoms with Gasteiger partial charge in [0, 0.05) is 30.4 Å². The van der Waals surface area contributed by atoms with Gasteiger partial charge >= 0.3 is 5.97 Å². The Morgan fingerprint density at radius 3 is 2.25 bits per heavy atom. The fraction of sp³-hybridized carbons (Fsp3) is 0.698. The molecule has 1 aromatic heterocycles. The number of aliphatic carboxylic acids is 1. The summed E-state index contributed by atoms with van der Waals surface area (Å²) in [4.78, 5) is 15.8. The highest BCUT2D eigenvalue weighted by Gasteiger charge is 2.59. The molecule has 2 aromatic rings. The second-order valence-electron chi connectivity index (χ2n) is 21.0. The summed E-state index contributed by atoms with van der Waals surface area (Å²) in [6, 6.07) is 6.23. The lowest BCUT2D eigenvalue weighted by Crippen LogP contribution is -2.50. The molecule has 0 bridgehead atoms. The van der Waals surface area contributed by atoms with Gasteiger partial charge in [-0.05, 0) is 133 Å². The molecule has 1 aromatic carbocycles. The smallest absolute Gasteiger partial charge is 0.305 e. The SMILES string of the molecule is CC(C)CCC[C@@H](C)[C@H]1CC[C@H]2[C@@H]3CC=C4C[C@@H](O)CC[C@]4(C)[C@H]3CC[C@]12C.COCc1c(C(C)C)nc(C(C)C)c(/C=C/[C@@H](O)C[C@@H](O)CC(=O)O)c1-c1ccc(F)cc1. The number of carbonyl (C=O) groups is 1. The molecule has 1 heterocycles. The first-order valence-electron chi connectivity index (χ1n) is 23.8. The summed E-state index contributed by atoms with van der Waals surface area (Å²) < 4.78 is 19.2. The van der Waals surface area contributed by atoms with E-state index < -0.39 is 24.6 Å². The number of halogens is 1. The molecule has 0 radical (unpaired) electrons. The molecule has 3 saturated carbocycles. The predicted molar refractivity (Wildman–Crippen MR) is 245 cm³/mol. The van der Waals surface area contributed by atoms with Gasteiger partial charge in [-0.2, -0.15) is 0 Å². The van der Waals surface area contributed by atoms with Gasteiger partial charge in [-0.25, -0.2) is 4.39 Å². The monoisotopic (exact) mass is 846 g/mol. The third-order valence-electron chi connectivity index (χ3n) is 15.6. The number of methoxy groups -OCH3 is 1. The number of benzene rings is 1. The van der Waals surface area contributed by atoms with Crippen molar-refractivity contribution in [1.82, 2.24) is 4.98 Å². The van der Waals surface area contributed by atoms with Gasteiger partial charge in [-0.15, -0.1) is 0 Å². The zero-order chi connectivity index (χ0) is 44.8. The van der Waals surface area contributed by atoms with Gasteiger partial charge in [-0.1, -0.05) is 118 Å². The van der Waals surface area contributed by atoms with E-state index in [9.17, 15) is 24.5 Å². The van der Waals surface area contributed by atoms with Gasteiger partial charge in [-0.3, -0.25) is 9.78 Å². The zero-order valence-corrected chi connectivity index (χ0v) is 39.2. The van der Waals surface area contributed by atoms with Crippen LogP contribution in [0.4, 0.5) is 4.39 Å². The van der Waals surface area contributed by atoms with E-state index in [1.165, 1.54) is 76.0 Å². The molecule has 10 atom stereocenters. The van der Waals surface area contributed by atoms with Crippen LogP contribution in [-0.4, -0.2) is 56.8 Å². The maximum atomic E-state index is 13.7. The van der Waals surface area contributed by atoms with Crippen LogP contribution < -0.4 is 0 Å². The molecule has 0 unspecified atom stereocenters. The van der Waals surface area contributed by atoms with Gasteiger partial charge in [0.1, 0.15) is 5.82 Å². The number of carboxylic acids is 1. The molecule has 0 amide bonds. The lowest BCUT2D eigenvalue weighted by Gasteiger charge is -2.58. The van der Waals surface area contributed by atoms with E-state index in [-0.39, 0.29) is 30.2 Å². The van der Waals surface area contributed by atoms with Gasteiger partial charge in [0.15, 0.2) is 0 Å². The van der Waals surface area contributed by atoms with Crippen molar-refractivity contribution in [1.29, 1.82) is 0 Å². The number of pyridine rings is 1. The zero-order valence-electron chi connectivity index (χ0n) is 39.2. The molecular formula is C53H80FNO6. The van der Waals surface area contributed by atoms with Crippen molar-refractivity contribution >= 4 is 12.0 Å². The van der Waals surface area contributed by atoms with Crippen molar-refractivity contribution in [3.8, 4) is 11.1 Å². The summed E-state index contributed by atoms with van der Waals surface area (Å²) >= 11 is 0. The Hall–Kier alpha value is -2.91. The van der Waals surface area contributed by atoms with E-state index in [2.05, 4.69) is 54.5 Å². The molecule has 4 N–H and O–H groups in total. The van der Waals surface area contributed by atoms with E-state index in [4.69, 9.17) is 14.8 Å². The molecule has 7 nitrogen and oxygen atoms in total. The van der Waals surface area contributed by atoms with Crippen LogP contribution in [0.1, 0.15) is 180 Å². The quantitative estimate of drug-likeness (QED) is 0.124. The van der Waals surface area contributed by atoms with Crippen molar-refractivity contribution in [2.24, 2.45) is 46.3 Å². The van der Waals surface area contributed by atoms with Crippen molar-refractivity contribution in [3.05, 3.63) is 70.3 Å². The van der Waals surface area contributed by atoms with Crippen LogP contribution in [0.3, 0.4) is 0 Å². The van der Waals surface area contributed by atoms with Crippen LogP contribution in [0.2, 0.25) is 0 Å². The Kier molecular flexibility index (Phi) is 17.1. The van der Waals surface area contributed by atoms with Crippen molar-refractivity contribution in [2.45, 2.75) is 183 Å². The van der Waals surface area contributed by atoms with Crippen LogP contribution in [-0.2, 0) is 16.1 Å². The van der Waals surface area contributed by atoms with Crippen LogP contribution in [0.15, 0.2) is 42.0 Å². The highest BCUT2D eigenvalue weighted by atomic mass is 19.1. The number of aromatic nitrogens is 1. The summed E-state index contributed by atoms with van der Waals surface area (Å²) in [6.07, 6.45) is 17.7. The molecular weight excluding hydrogens is 766 g/mol. The second kappa shape index (κ2) is 21.2. The average molecular weight is 846 g/mol. The molecule has 8 heteroatoms. The van der Waals surface area contributed by atoms with Gasteiger partial charge in [0.05, 0.1) is 37.0 Å². The van der Waals surface area contributed by atoms with Crippen molar-refractivity contribution < 1.29 is 34.3 Å². The second-order valence-corrected chi connectivity index (χ2v) is 21.0. The van der Waals surface area contributed by atoms with E-state index in [1.807, 2.05) is 13.8 Å². The Balaban J connectivity index is 0.000000233. The minimum Gasteiger partial charge on any atom is -0.481 e. The Morgan fingerprint density at radius 2 is 1.62 bits per heavy atom. The molecule has 0 spiro atoms. The van der Waals surface area contributed by atoms with Crippen LogP contribution in [0.5, 0.6) is 0 Å². The molecule has 0 aliphatic heterocycles. The summed E-state index contributed by atoms with van der Waals surface area (Å²) in [5.41, 5.74) is 7.65. The lowest BCUT2D eigenvalue weighted by molar-refractivity contribution is -0.139. The number of fused-ring (bicyclic) bond motifs is 5. The minimum atomic E-state index is -1.16. The summed E-state index contributed by atoms with van der Waals surface area (Å²) in [5.74, 6) is 4.18. The van der Waals surface area contributed by atoms with Gasteiger partial charge in [0.2, 0.25) is 0 Å². The molecule has 6 rings (SSSR count). The fourth-order valence-corrected chi connectivity index (χ4v) is 12.5. The fourth-order valence-electron chi connectivity index (χ4n) is 12.5. The number of allylic oxidation sites excluding steroid dienone is 1. The van der Waals surface area contributed by atoms with Crippen LogP contribution in [0.25, 0.3) is 17.2 Å². The first kappa shape index (κ1) is 49.1. The van der Waals surface area contributed by atoms with E-state index >= 15 is 0 Å². The predicted octanol–water partition coefficient (Wildman–Crippen LogP) is 12.3. The molecule has 4 aliphatic rings. The largest absolute Gasteiger partial charge is 0.481 e. The first-order valence-corrected chi connectivity index (χ1v) is 23.8. The Bertz CT molecular complexity index is 1820. The number of nitrogens with zero attached hydrogens (tertiary/aromatic N) is 1. The summed E-state index contributed by atoms with van der Waals surface area (Å²) in [7, 11) is 1.61. The van der Waals surface area contributed by atoms with E-state index in [0.29, 0.717) is 17.4 Å². The number of carboxylic acid groups (broad SMARTS) is 1. The first-order chi connectivity index (χ1) is 28.8. The van der Waals surface area contributed by atoms with Crippen LogP contribution >= 0.6 is 0 Å². The van der Waals surface area contributed by atoms with Gasteiger partial charge < -0.3 is 25.2 Å². The minimum absolute atomic E-state index is 0.0627. The maximum absolute atomic E-state index is 13.7. The molecule has 340 valence electrons. The third kappa shape index (κ3) is 11.4. The topological polar surface area (TPSA) is 120 Å². The number of ether oxygens (including phenoxy) is 1. The number of hydrogen-bond acceptors (Lipinski definition) is 6. The number of aliphatic hydroxyl groups is 3. The van der Waals surface area contributed by atoms with E-state index in [0.717, 1.165) is 82.0 Å². The third-order valence-corrected chi connectivity index (χ3v) is 15.6. The molecule has 0 saturated heterocycles. The number of rotatable bonds is 16. The van der Waals surface area contributed by atoms with Crippen LogP contribution in [0, 0.1) is 52.2 Å². The van der Waals surface area contributed by atoms with Crippen molar-refractivity contribution in [3.63, 3.8) is 0 Å². The standard InChI is InChI=1S/C27H46O.C26H34FNO5/c1-18(2)7-6-8-19(3)23-11-12-24-22-10-9-20-17-21(28)13-15-26(20,4)25(22)14-16-27(23,24)5;1-15(2)25-21(11-10-19(29)12-20(30)13-23(31)32)24(17-6-8-18(27)9-7-17)22(14-33-5)26(28-25)16(3)4/h9,18-19,21-25,28H,6-8,10-17H2,1-5H3;6-11,15-16,19-20,29-30H,12-14H2,1-5H3,(H,31,32)/b;11-10+/t19-,21+,22+,23-,24+,25+,26+,27-;19-,20-/m11/s1.